The van der Waals surface area contributed by atoms with Gasteiger partial charge in [-0.05, 0) is 38.5 Å². The van der Waals surface area contributed by atoms with Crippen LogP contribution in [0.3, 0.4) is 0 Å². The lowest BCUT2D eigenvalue weighted by Crippen LogP contribution is -2.40. The first-order valence-electron chi connectivity index (χ1n) is 7.50. The molecule has 0 spiro atoms. The Kier molecular flexibility index (Phi) is 5.43. The first kappa shape index (κ1) is 18.2. The quantitative estimate of drug-likeness (QED) is 0.846. The van der Waals surface area contributed by atoms with Gasteiger partial charge < -0.3 is 10.0 Å². The van der Waals surface area contributed by atoms with Gasteiger partial charge in [0, 0.05) is 17.2 Å². The average molecular weight is 394 g/mol. The van der Waals surface area contributed by atoms with Gasteiger partial charge in [-0.2, -0.15) is 5.10 Å². The zero-order valence-corrected chi connectivity index (χ0v) is 15.7. The van der Waals surface area contributed by atoms with E-state index in [2.05, 4.69) is 21.0 Å². The number of nitrogens with zero attached hydrogens (tertiary/aromatic N) is 3. The summed E-state index contributed by atoms with van der Waals surface area (Å²) in [5, 5.41) is 13.5. The highest BCUT2D eigenvalue weighted by molar-refractivity contribution is 9.10. The van der Waals surface area contributed by atoms with Crippen molar-refractivity contribution in [1.29, 1.82) is 0 Å². The predicted octanol–water partition coefficient (Wildman–Crippen LogP) is 2.86. The summed E-state index contributed by atoms with van der Waals surface area (Å²) in [5.74, 6) is -1.37. The van der Waals surface area contributed by atoms with E-state index in [1.807, 2.05) is 31.2 Å². The number of aromatic nitrogens is 2. The first-order valence-corrected chi connectivity index (χ1v) is 8.30. The Balaban J connectivity index is 2.32. The minimum absolute atomic E-state index is 0.333. The largest absolute Gasteiger partial charge is 0.480 e. The SMILES string of the molecule is Cc1nn(Cc2cccc(Br)c2)c(C)c1C(=O)N(C)C(C)C(=O)O. The zero-order chi connectivity index (χ0) is 18.0. The molecule has 24 heavy (non-hydrogen) atoms. The van der Waals surface area contributed by atoms with Gasteiger partial charge in [-0.1, -0.05) is 28.1 Å². The van der Waals surface area contributed by atoms with Gasteiger partial charge in [0.2, 0.25) is 0 Å². The van der Waals surface area contributed by atoms with Crippen LogP contribution in [0.2, 0.25) is 0 Å². The molecule has 1 heterocycles. The molecule has 7 heteroatoms. The standard InChI is InChI=1S/C17H20BrN3O3/c1-10-15(16(22)20(4)12(3)17(23)24)11(2)21(19-10)9-13-6-5-7-14(18)8-13/h5-8,12H,9H2,1-4H3,(H,23,24). The highest BCUT2D eigenvalue weighted by atomic mass is 79.9. The van der Waals surface area contributed by atoms with Gasteiger partial charge in [-0.3, -0.25) is 9.48 Å². The molecule has 1 aromatic heterocycles. The van der Waals surface area contributed by atoms with E-state index in [0.717, 1.165) is 15.7 Å². The fourth-order valence-electron chi connectivity index (χ4n) is 2.49. The minimum Gasteiger partial charge on any atom is -0.480 e. The van der Waals surface area contributed by atoms with Crippen LogP contribution in [0.25, 0.3) is 0 Å². The topological polar surface area (TPSA) is 75.4 Å². The second-order valence-electron chi connectivity index (χ2n) is 5.76. The molecule has 0 bridgehead atoms. The number of aryl methyl sites for hydroxylation is 1. The van der Waals surface area contributed by atoms with Crippen LogP contribution in [0.1, 0.15) is 34.2 Å². The molecule has 1 amide bonds. The fraction of sp³-hybridized carbons (Fsp3) is 0.353. The Morgan fingerprint density at radius 2 is 2.04 bits per heavy atom. The third kappa shape index (κ3) is 3.67. The Morgan fingerprint density at radius 3 is 2.62 bits per heavy atom. The summed E-state index contributed by atoms with van der Waals surface area (Å²) in [6.45, 7) is 5.61. The second kappa shape index (κ2) is 7.17. The summed E-state index contributed by atoms with van der Waals surface area (Å²) in [6.07, 6.45) is 0. The lowest BCUT2D eigenvalue weighted by molar-refractivity contribution is -0.141. The van der Waals surface area contributed by atoms with E-state index < -0.39 is 12.0 Å². The van der Waals surface area contributed by atoms with E-state index in [1.165, 1.54) is 18.9 Å². The summed E-state index contributed by atoms with van der Waals surface area (Å²) in [7, 11) is 1.49. The van der Waals surface area contributed by atoms with Crippen LogP contribution in [0.4, 0.5) is 0 Å². The average Bonchev–Trinajstić information content (AvgIpc) is 2.79. The van der Waals surface area contributed by atoms with Crippen LogP contribution in [0.5, 0.6) is 0 Å². The van der Waals surface area contributed by atoms with Crippen molar-refractivity contribution in [3.8, 4) is 0 Å². The van der Waals surface area contributed by atoms with Gasteiger partial charge in [-0.25, -0.2) is 4.79 Å². The van der Waals surface area contributed by atoms with Crippen LogP contribution in [-0.4, -0.2) is 44.8 Å². The van der Waals surface area contributed by atoms with E-state index in [-0.39, 0.29) is 5.91 Å². The second-order valence-corrected chi connectivity index (χ2v) is 6.68. The maximum absolute atomic E-state index is 12.7. The van der Waals surface area contributed by atoms with E-state index in [4.69, 9.17) is 5.11 Å². The lowest BCUT2D eigenvalue weighted by Gasteiger charge is -2.21. The zero-order valence-electron chi connectivity index (χ0n) is 14.1. The number of aliphatic carboxylic acids is 1. The van der Waals surface area contributed by atoms with Crippen molar-refractivity contribution in [3.05, 3.63) is 51.3 Å². The number of carbonyl (C=O) groups is 2. The van der Waals surface area contributed by atoms with E-state index in [9.17, 15) is 9.59 Å². The van der Waals surface area contributed by atoms with Gasteiger partial charge in [0.05, 0.1) is 17.8 Å². The van der Waals surface area contributed by atoms with Gasteiger partial charge in [0.1, 0.15) is 6.04 Å². The van der Waals surface area contributed by atoms with Crippen LogP contribution in [-0.2, 0) is 11.3 Å². The number of carbonyl (C=O) groups excluding carboxylic acids is 1. The molecule has 6 nitrogen and oxygen atoms in total. The predicted molar refractivity (Wildman–Crippen MR) is 94.1 cm³/mol. The first-order chi connectivity index (χ1) is 11.2. The summed E-state index contributed by atoms with van der Waals surface area (Å²) in [6, 6.07) is 6.98. The van der Waals surface area contributed by atoms with Crippen LogP contribution in [0.15, 0.2) is 28.7 Å². The third-order valence-electron chi connectivity index (χ3n) is 4.08. The molecule has 2 rings (SSSR count). The molecule has 0 aliphatic carbocycles. The normalized spacial score (nSPS) is 12.0. The van der Waals surface area contributed by atoms with Gasteiger partial charge in [0.15, 0.2) is 0 Å². The maximum Gasteiger partial charge on any atom is 0.326 e. The molecule has 1 atom stereocenters. The number of likely N-dealkylation sites (N-methyl/N-ethyl adjacent to an activating group) is 1. The van der Waals surface area contributed by atoms with E-state index in [1.54, 1.807) is 11.6 Å². The van der Waals surface area contributed by atoms with E-state index >= 15 is 0 Å². The number of amides is 1. The van der Waals surface area contributed by atoms with Crippen molar-refractivity contribution >= 4 is 27.8 Å². The molecule has 1 unspecified atom stereocenters. The van der Waals surface area contributed by atoms with Gasteiger partial charge in [0.25, 0.3) is 5.91 Å². The molecule has 1 N–H and O–H groups in total. The number of carboxylic acids is 1. The Bertz CT molecular complexity index is 785. The smallest absolute Gasteiger partial charge is 0.326 e. The minimum atomic E-state index is -1.04. The molecule has 0 aliphatic rings. The van der Waals surface area contributed by atoms with Crippen molar-refractivity contribution in [1.82, 2.24) is 14.7 Å². The Labute approximate surface area is 149 Å². The number of benzene rings is 1. The molecular formula is C17H20BrN3O3. The highest BCUT2D eigenvalue weighted by Gasteiger charge is 2.27. The molecule has 0 saturated carbocycles. The number of hydrogen-bond acceptors (Lipinski definition) is 3. The summed E-state index contributed by atoms with van der Waals surface area (Å²) < 4.78 is 2.75. The van der Waals surface area contributed by atoms with Crippen molar-refractivity contribution < 1.29 is 14.7 Å². The van der Waals surface area contributed by atoms with Crippen molar-refractivity contribution in [2.45, 2.75) is 33.4 Å². The molecule has 0 fully saturated rings. The number of rotatable bonds is 5. The molecular weight excluding hydrogens is 374 g/mol. The lowest BCUT2D eigenvalue weighted by atomic mass is 10.1. The molecule has 0 saturated heterocycles. The molecule has 2 aromatic rings. The molecule has 1 aromatic carbocycles. The Morgan fingerprint density at radius 1 is 1.38 bits per heavy atom. The van der Waals surface area contributed by atoms with Crippen LogP contribution >= 0.6 is 15.9 Å². The summed E-state index contributed by atoms with van der Waals surface area (Å²) in [5.41, 5.74) is 2.83. The van der Waals surface area contributed by atoms with Crippen LogP contribution in [0, 0.1) is 13.8 Å². The molecule has 0 radical (unpaired) electrons. The van der Waals surface area contributed by atoms with Crippen molar-refractivity contribution in [2.24, 2.45) is 0 Å². The maximum atomic E-state index is 12.7. The van der Waals surface area contributed by atoms with Crippen molar-refractivity contribution in [3.63, 3.8) is 0 Å². The summed E-state index contributed by atoms with van der Waals surface area (Å²) in [4.78, 5) is 25.0. The fourth-order valence-corrected chi connectivity index (χ4v) is 2.93. The van der Waals surface area contributed by atoms with Crippen molar-refractivity contribution in [2.75, 3.05) is 7.05 Å². The Hall–Kier alpha value is -2.15. The van der Waals surface area contributed by atoms with Crippen LogP contribution < -0.4 is 0 Å². The van der Waals surface area contributed by atoms with Gasteiger partial charge >= 0.3 is 5.97 Å². The van der Waals surface area contributed by atoms with E-state index in [0.29, 0.717) is 17.8 Å². The monoisotopic (exact) mass is 393 g/mol. The van der Waals surface area contributed by atoms with Gasteiger partial charge in [-0.15, -0.1) is 0 Å². The molecule has 0 aliphatic heterocycles. The number of carboxylic acid groups (broad SMARTS) is 1. The summed E-state index contributed by atoms with van der Waals surface area (Å²) >= 11 is 3.44. The highest BCUT2D eigenvalue weighted by Crippen LogP contribution is 2.19. The third-order valence-corrected chi connectivity index (χ3v) is 4.57. The number of hydrogen-bond donors (Lipinski definition) is 1. The number of halogens is 1. The molecule has 128 valence electrons.